The molecule has 0 aliphatic carbocycles. The standard InChI is InChI=1S/C15H21ClN2O2.ClH/c1-10(17)11-4-3-7-18(9-11)15(19)13-8-12(16)5-6-14(13)20-2;/h5-6,8,10-11H,3-4,7,9,17H2,1-2H3;1H. The molecule has 1 aliphatic rings. The minimum Gasteiger partial charge on any atom is -0.496 e. The maximum absolute atomic E-state index is 12.6. The number of piperidine rings is 1. The van der Waals surface area contributed by atoms with Gasteiger partial charge < -0.3 is 15.4 Å². The van der Waals surface area contributed by atoms with E-state index in [0.29, 0.717) is 28.8 Å². The number of amides is 1. The van der Waals surface area contributed by atoms with E-state index >= 15 is 0 Å². The number of hydrogen-bond acceptors (Lipinski definition) is 3. The van der Waals surface area contributed by atoms with Crippen LogP contribution in [0.25, 0.3) is 0 Å². The molecule has 2 atom stereocenters. The highest BCUT2D eigenvalue weighted by Gasteiger charge is 2.27. The van der Waals surface area contributed by atoms with Crippen molar-refractivity contribution in [2.45, 2.75) is 25.8 Å². The molecular weight excluding hydrogens is 311 g/mol. The average molecular weight is 333 g/mol. The molecule has 1 aromatic rings. The lowest BCUT2D eigenvalue weighted by Crippen LogP contribution is -2.45. The summed E-state index contributed by atoms with van der Waals surface area (Å²) in [6.07, 6.45) is 2.06. The largest absolute Gasteiger partial charge is 0.496 e. The summed E-state index contributed by atoms with van der Waals surface area (Å²) in [6, 6.07) is 5.21. The van der Waals surface area contributed by atoms with Crippen LogP contribution in [0.4, 0.5) is 0 Å². The fourth-order valence-corrected chi connectivity index (χ4v) is 2.81. The first-order valence-electron chi connectivity index (χ1n) is 6.91. The van der Waals surface area contributed by atoms with E-state index in [0.717, 1.165) is 19.4 Å². The molecular formula is C15H22Cl2N2O2. The molecule has 118 valence electrons. The Morgan fingerprint density at radius 2 is 2.24 bits per heavy atom. The van der Waals surface area contributed by atoms with Gasteiger partial charge in [0, 0.05) is 24.2 Å². The van der Waals surface area contributed by atoms with Crippen LogP contribution < -0.4 is 10.5 Å². The van der Waals surface area contributed by atoms with Crippen LogP contribution in [0, 0.1) is 5.92 Å². The highest BCUT2D eigenvalue weighted by molar-refractivity contribution is 6.31. The van der Waals surface area contributed by atoms with Gasteiger partial charge in [0.05, 0.1) is 12.7 Å². The Morgan fingerprint density at radius 3 is 2.86 bits per heavy atom. The Kier molecular flexibility index (Phi) is 6.78. The summed E-state index contributed by atoms with van der Waals surface area (Å²) in [5.74, 6) is 0.884. The predicted octanol–water partition coefficient (Wildman–Crippen LogP) is 2.97. The lowest BCUT2D eigenvalue weighted by Gasteiger charge is -2.34. The number of carbonyl (C=O) groups excluding carboxylic acids is 1. The molecule has 2 N–H and O–H groups in total. The molecule has 0 saturated carbocycles. The number of nitrogens with two attached hydrogens (primary N) is 1. The lowest BCUT2D eigenvalue weighted by molar-refractivity contribution is 0.0657. The Balaban J connectivity index is 0.00000220. The number of hydrogen-bond donors (Lipinski definition) is 1. The Labute approximate surface area is 137 Å². The molecule has 1 fully saturated rings. The van der Waals surface area contributed by atoms with Gasteiger partial charge in [0.2, 0.25) is 0 Å². The zero-order valence-corrected chi connectivity index (χ0v) is 13.9. The first-order valence-corrected chi connectivity index (χ1v) is 7.29. The van der Waals surface area contributed by atoms with Crippen LogP contribution in [0.2, 0.25) is 5.02 Å². The van der Waals surface area contributed by atoms with Crippen molar-refractivity contribution in [2.24, 2.45) is 11.7 Å². The van der Waals surface area contributed by atoms with Crippen LogP contribution in [0.3, 0.4) is 0 Å². The Bertz CT molecular complexity index is 495. The summed E-state index contributed by atoms with van der Waals surface area (Å²) in [4.78, 5) is 14.5. The molecule has 2 rings (SSSR count). The number of halogens is 2. The first-order chi connectivity index (χ1) is 9.52. The molecule has 0 spiro atoms. The first kappa shape index (κ1) is 18.1. The van der Waals surface area contributed by atoms with Crippen LogP contribution in [-0.4, -0.2) is 37.0 Å². The number of methoxy groups -OCH3 is 1. The minimum atomic E-state index is -0.0327. The van der Waals surface area contributed by atoms with E-state index in [2.05, 4.69) is 0 Å². The van der Waals surface area contributed by atoms with E-state index in [1.165, 1.54) is 0 Å². The van der Waals surface area contributed by atoms with E-state index in [1.54, 1.807) is 25.3 Å². The van der Waals surface area contributed by atoms with Crippen LogP contribution in [0.15, 0.2) is 18.2 Å². The second-order valence-electron chi connectivity index (χ2n) is 5.36. The lowest BCUT2D eigenvalue weighted by atomic mass is 9.92. The number of ether oxygens (including phenoxy) is 1. The zero-order chi connectivity index (χ0) is 14.7. The molecule has 1 heterocycles. The van der Waals surface area contributed by atoms with Crippen molar-refractivity contribution in [2.75, 3.05) is 20.2 Å². The summed E-state index contributed by atoms with van der Waals surface area (Å²) < 4.78 is 5.26. The average Bonchev–Trinajstić information content (AvgIpc) is 2.46. The van der Waals surface area contributed by atoms with E-state index < -0.39 is 0 Å². The van der Waals surface area contributed by atoms with Gasteiger partial charge in [-0.2, -0.15) is 0 Å². The number of likely N-dealkylation sites (tertiary alicyclic amines) is 1. The van der Waals surface area contributed by atoms with Gasteiger partial charge in [-0.25, -0.2) is 0 Å². The van der Waals surface area contributed by atoms with Crippen LogP contribution in [0.5, 0.6) is 5.75 Å². The van der Waals surface area contributed by atoms with Crippen molar-refractivity contribution >= 4 is 29.9 Å². The number of benzene rings is 1. The number of nitrogens with zero attached hydrogens (tertiary/aromatic N) is 1. The minimum absolute atomic E-state index is 0. The summed E-state index contributed by atoms with van der Waals surface area (Å²) in [5, 5.41) is 0.537. The van der Waals surface area contributed by atoms with Gasteiger partial charge in [0.25, 0.3) is 5.91 Å². The third kappa shape index (κ3) is 4.25. The normalized spacial score (nSPS) is 19.6. The van der Waals surface area contributed by atoms with Gasteiger partial charge in [-0.3, -0.25) is 4.79 Å². The van der Waals surface area contributed by atoms with Crippen molar-refractivity contribution in [3.05, 3.63) is 28.8 Å². The van der Waals surface area contributed by atoms with Crippen molar-refractivity contribution in [1.29, 1.82) is 0 Å². The highest BCUT2D eigenvalue weighted by Crippen LogP contribution is 2.26. The summed E-state index contributed by atoms with van der Waals surface area (Å²) in [6.45, 7) is 3.46. The number of rotatable bonds is 3. The molecule has 21 heavy (non-hydrogen) atoms. The van der Waals surface area contributed by atoms with Crippen molar-refractivity contribution < 1.29 is 9.53 Å². The fraction of sp³-hybridized carbons (Fsp3) is 0.533. The van der Waals surface area contributed by atoms with Gasteiger partial charge in [-0.05, 0) is 43.9 Å². The summed E-state index contributed by atoms with van der Waals surface area (Å²) in [5.41, 5.74) is 6.48. The fourth-order valence-electron chi connectivity index (χ4n) is 2.64. The van der Waals surface area contributed by atoms with Crippen LogP contribution >= 0.6 is 24.0 Å². The summed E-state index contributed by atoms with van der Waals surface area (Å²) in [7, 11) is 1.56. The van der Waals surface area contributed by atoms with Gasteiger partial charge in [-0.15, -0.1) is 12.4 Å². The van der Waals surface area contributed by atoms with Crippen molar-refractivity contribution in [3.63, 3.8) is 0 Å². The number of carbonyl (C=O) groups is 1. The third-order valence-corrected chi connectivity index (χ3v) is 4.12. The van der Waals surface area contributed by atoms with E-state index in [9.17, 15) is 4.79 Å². The smallest absolute Gasteiger partial charge is 0.257 e. The maximum atomic E-state index is 12.6. The SMILES string of the molecule is COc1ccc(Cl)cc1C(=O)N1CCCC(C(C)N)C1.Cl. The van der Waals surface area contributed by atoms with Gasteiger partial charge >= 0.3 is 0 Å². The third-order valence-electron chi connectivity index (χ3n) is 3.88. The van der Waals surface area contributed by atoms with E-state index in [4.69, 9.17) is 22.1 Å². The monoisotopic (exact) mass is 332 g/mol. The van der Waals surface area contributed by atoms with E-state index in [-0.39, 0.29) is 24.4 Å². The Hall–Kier alpha value is -0.970. The second kappa shape index (κ2) is 7.87. The topological polar surface area (TPSA) is 55.6 Å². The Morgan fingerprint density at radius 1 is 1.52 bits per heavy atom. The molecule has 6 heteroatoms. The molecule has 1 amide bonds. The van der Waals surface area contributed by atoms with Gasteiger partial charge in [0.15, 0.2) is 0 Å². The second-order valence-corrected chi connectivity index (χ2v) is 5.79. The quantitative estimate of drug-likeness (QED) is 0.925. The summed E-state index contributed by atoms with van der Waals surface area (Å²) >= 11 is 5.99. The molecule has 1 saturated heterocycles. The molecule has 2 unspecified atom stereocenters. The molecule has 4 nitrogen and oxygen atoms in total. The van der Waals surface area contributed by atoms with Gasteiger partial charge in [-0.1, -0.05) is 11.6 Å². The van der Waals surface area contributed by atoms with Crippen molar-refractivity contribution in [1.82, 2.24) is 4.90 Å². The van der Waals surface area contributed by atoms with E-state index in [1.807, 2.05) is 11.8 Å². The molecule has 0 bridgehead atoms. The van der Waals surface area contributed by atoms with Crippen molar-refractivity contribution in [3.8, 4) is 5.75 Å². The van der Waals surface area contributed by atoms with Crippen LogP contribution in [0.1, 0.15) is 30.1 Å². The molecule has 0 radical (unpaired) electrons. The zero-order valence-electron chi connectivity index (χ0n) is 12.3. The maximum Gasteiger partial charge on any atom is 0.257 e. The highest BCUT2D eigenvalue weighted by atomic mass is 35.5. The predicted molar refractivity (Wildman–Crippen MR) is 87.5 cm³/mol. The molecule has 0 aromatic heterocycles. The molecule has 1 aliphatic heterocycles. The molecule has 1 aromatic carbocycles. The van der Waals surface area contributed by atoms with Gasteiger partial charge in [0.1, 0.15) is 5.75 Å². The van der Waals surface area contributed by atoms with Crippen LogP contribution in [-0.2, 0) is 0 Å².